The zero-order chi connectivity index (χ0) is 20.4. The lowest BCUT2D eigenvalue weighted by atomic mass is 10.1. The maximum atomic E-state index is 14.5. The fraction of sp³-hybridized carbons (Fsp3) is 0.250. The monoisotopic (exact) mass is 474 g/mol. The number of quaternary nitrogens is 2. The first kappa shape index (κ1) is 20.5. The van der Waals surface area contributed by atoms with Crippen LogP contribution in [0, 0.1) is 12.7 Å². The average molecular weight is 476 g/mol. The molecule has 0 amide bonds. The van der Waals surface area contributed by atoms with E-state index in [1.807, 2.05) is 6.07 Å². The lowest BCUT2D eigenvalue weighted by molar-refractivity contribution is -1.09. The van der Waals surface area contributed by atoms with Gasteiger partial charge in [0.05, 0.1) is 16.1 Å². The molecule has 5 heteroatoms. The van der Waals surface area contributed by atoms with Crippen LogP contribution in [0.25, 0.3) is 0 Å². The van der Waals surface area contributed by atoms with Crippen LogP contribution in [0.15, 0.2) is 71.2 Å². The Morgan fingerprint density at radius 2 is 1.69 bits per heavy atom. The van der Waals surface area contributed by atoms with Crippen LogP contribution in [0.1, 0.15) is 28.4 Å². The van der Waals surface area contributed by atoms with Gasteiger partial charge < -0.3 is 0 Å². The summed E-state index contributed by atoms with van der Waals surface area (Å²) in [7, 11) is 0. The van der Waals surface area contributed by atoms with Crippen LogP contribution < -0.4 is 9.80 Å². The molecule has 0 bridgehead atoms. The Balaban J connectivity index is 1.67. The molecule has 2 N–H and O–H groups in total. The standard InChI is InChI=1S/C24H23BrClFN2/c1-17-6-2-3-7-19(17)15-28-12-13-29(16-21-22(26)10-5-11-23(21)27)24(28)18-8-4-9-20(25)14-18/h2-11,14,24H,12-13,15-16H2,1H3/p+2. The maximum Gasteiger partial charge on any atom is 0.241 e. The van der Waals surface area contributed by atoms with E-state index in [0.717, 1.165) is 24.1 Å². The van der Waals surface area contributed by atoms with Gasteiger partial charge in [-0.05, 0) is 42.8 Å². The van der Waals surface area contributed by atoms with Gasteiger partial charge in [0.1, 0.15) is 32.0 Å². The summed E-state index contributed by atoms with van der Waals surface area (Å²) < 4.78 is 15.6. The molecule has 3 aromatic carbocycles. The molecule has 0 saturated carbocycles. The second-order valence-corrected chi connectivity index (χ2v) is 9.11. The maximum absolute atomic E-state index is 14.5. The van der Waals surface area contributed by atoms with E-state index in [4.69, 9.17) is 11.6 Å². The van der Waals surface area contributed by atoms with E-state index in [1.54, 1.807) is 12.1 Å². The van der Waals surface area contributed by atoms with Crippen LogP contribution in [0.5, 0.6) is 0 Å². The molecule has 3 aromatic rings. The minimum Gasteiger partial charge on any atom is -0.274 e. The Morgan fingerprint density at radius 3 is 2.41 bits per heavy atom. The van der Waals surface area contributed by atoms with Gasteiger partial charge in [-0.1, -0.05) is 63.9 Å². The Kier molecular flexibility index (Phi) is 6.35. The van der Waals surface area contributed by atoms with Gasteiger partial charge in [0.15, 0.2) is 0 Å². The van der Waals surface area contributed by atoms with Crippen molar-refractivity contribution in [2.45, 2.75) is 26.2 Å². The van der Waals surface area contributed by atoms with Crippen molar-refractivity contribution in [1.29, 1.82) is 0 Å². The minimum atomic E-state index is -0.217. The van der Waals surface area contributed by atoms with E-state index in [9.17, 15) is 4.39 Å². The number of hydrogen-bond donors (Lipinski definition) is 2. The van der Waals surface area contributed by atoms with E-state index in [1.165, 1.54) is 32.6 Å². The molecule has 1 aliphatic rings. The first-order valence-corrected chi connectivity index (χ1v) is 11.1. The average Bonchev–Trinajstić information content (AvgIpc) is 3.09. The van der Waals surface area contributed by atoms with E-state index in [2.05, 4.69) is 65.3 Å². The first-order chi connectivity index (χ1) is 14.0. The summed E-state index contributed by atoms with van der Waals surface area (Å²) in [5.74, 6) is -0.217. The van der Waals surface area contributed by atoms with Crippen molar-refractivity contribution >= 4 is 27.5 Å². The Hall–Kier alpha value is -1.72. The van der Waals surface area contributed by atoms with Crippen LogP contribution in [0.4, 0.5) is 4.39 Å². The van der Waals surface area contributed by atoms with E-state index < -0.39 is 0 Å². The molecule has 1 heterocycles. The van der Waals surface area contributed by atoms with Crippen molar-refractivity contribution in [3.63, 3.8) is 0 Å². The van der Waals surface area contributed by atoms with Gasteiger partial charge in [0, 0.05) is 10.0 Å². The van der Waals surface area contributed by atoms with Crippen LogP contribution in [-0.4, -0.2) is 13.1 Å². The number of aryl methyl sites for hydroxylation is 1. The minimum absolute atomic E-state index is 0.217. The summed E-state index contributed by atoms with van der Waals surface area (Å²) in [5, 5.41) is 0.512. The van der Waals surface area contributed by atoms with Crippen molar-refractivity contribution < 1.29 is 14.2 Å². The van der Waals surface area contributed by atoms with Crippen molar-refractivity contribution in [1.82, 2.24) is 0 Å². The molecule has 1 saturated heterocycles. The number of benzene rings is 3. The van der Waals surface area contributed by atoms with Crippen molar-refractivity contribution in [2.75, 3.05) is 13.1 Å². The van der Waals surface area contributed by atoms with E-state index >= 15 is 0 Å². The Bertz CT molecular complexity index is 989. The second-order valence-electron chi connectivity index (χ2n) is 7.78. The van der Waals surface area contributed by atoms with Gasteiger partial charge in [-0.3, -0.25) is 9.80 Å². The number of halogens is 3. The lowest BCUT2D eigenvalue weighted by Crippen LogP contribution is -3.22. The Morgan fingerprint density at radius 1 is 0.966 bits per heavy atom. The summed E-state index contributed by atoms with van der Waals surface area (Å²) in [6.07, 6.45) is 0.225. The molecule has 0 aromatic heterocycles. The molecule has 0 aliphatic carbocycles. The number of nitrogens with one attached hydrogen (secondary N) is 2. The molecule has 4 rings (SSSR count). The molecule has 0 spiro atoms. The second kappa shape index (κ2) is 8.97. The van der Waals surface area contributed by atoms with Gasteiger partial charge in [0.25, 0.3) is 0 Å². The number of hydrogen-bond acceptors (Lipinski definition) is 0. The van der Waals surface area contributed by atoms with Crippen LogP contribution >= 0.6 is 27.5 Å². The topological polar surface area (TPSA) is 8.88 Å². The molecule has 1 fully saturated rings. The van der Waals surface area contributed by atoms with Gasteiger partial charge in [-0.25, -0.2) is 4.39 Å². The smallest absolute Gasteiger partial charge is 0.241 e. The highest BCUT2D eigenvalue weighted by Crippen LogP contribution is 2.20. The molecule has 0 radical (unpaired) electrons. The largest absolute Gasteiger partial charge is 0.274 e. The Labute approximate surface area is 185 Å². The quantitative estimate of drug-likeness (QED) is 0.556. The molecule has 2 nitrogen and oxygen atoms in total. The van der Waals surface area contributed by atoms with Gasteiger partial charge >= 0.3 is 0 Å². The van der Waals surface area contributed by atoms with Gasteiger partial charge in [0.2, 0.25) is 6.17 Å². The summed E-state index contributed by atoms with van der Waals surface area (Å²) in [4.78, 5) is 2.85. The van der Waals surface area contributed by atoms with Crippen LogP contribution in [0.2, 0.25) is 5.02 Å². The number of rotatable bonds is 5. The molecule has 29 heavy (non-hydrogen) atoms. The summed E-state index contributed by atoms with van der Waals surface area (Å²) in [6.45, 7) is 5.72. The molecule has 1 aliphatic heterocycles. The predicted octanol–water partition coefficient (Wildman–Crippen LogP) is 3.73. The summed E-state index contributed by atoms with van der Waals surface area (Å²) in [6, 6.07) is 22.0. The normalized spacial score (nSPS) is 21.4. The van der Waals surface area contributed by atoms with Crippen LogP contribution in [0.3, 0.4) is 0 Å². The van der Waals surface area contributed by atoms with Gasteiger partial charge in [-0.2, -0.15) is 0 Å². The third-order valence-corrected chi connectivity index (χ3v) is 6.76. The van der Waals surface area contributed by atoms with Crippen molar-refractivity contribution in [3.05, 3.63) is 104 Å². The first-order valence-electron chi connectivity index (χ1n) is 9.95. The fourth-order valence-corrected chi connectivity index (χ4v) is 5.07. The lowest BCUT2D eigenvalue weighted by Gasteiger charge is -2.25. The van der Waals surface area contributed by atoms with E-state index in [0.29, 0.717) is 17.1 Å². The summed E-state index contributed by atoms with van der Waals surface area (Å²) in [5.41, 5.74) is 4.57. The zero-order valence-electron chi connectivity index (χ0n) is 16.4. The molecular weight excluding hydrogens is 451 g/mol. The highest BCUT2D eigenvalue weighted by molar-refractivity contribution is 9.10. The van der Waals surface area contributed by atoms with Gasteiger partial charge in [-0.15, -0.1) is 0 Å². The molecule has 3 atom stereocenters. The third kappa shape index (κ3) is 4.56. The SMILES string of the molecule is Cc1ccccc1C[NH+]1CC[NH+](Cc2c(F)cccc2Cl)C1c1cccc(Br)c1. The predicted molar refractivity (Wildman–Crippen MR) is 119 cm³/mol. The highest BCUT2D eigenvalue weighted by Gasteiger charge is 2.41. The fourth-order valence-electron chi connectivity index (χ4n) is 4.42. The zero-order valence-corrected chi connectivity index (χ0v) is 18.7. The third-order valence-electron chi connectivity index (χ3n) is 5.91. The van der Waals surface area contributed by atoms with Crippen LogP contribution in [-0.2, 0) is 13.1 Å². The molecular formula is C24H25BrClFN2+2. The molecule has 3 unspecified atom stereocenters. The highest BCUT2D eigenvalue weighted by atomic mass is 79.9. The van der Waals surface area contributed by atoms with Crippen molar-refractivity contribution in [3.8, 4) is 0 Å². The van der Waals surface area contributed by atoms with E-state index in [-0.39, 0.29) is 12.0 Å². The summed E-state index contributed by atoms with van der Waals surface area (Å²) >= 11 is 9.96. The van der Waals surface area contributed by atoms with Crippen molar-refractivity contribution in [2.24, 2.45) is 0 Å². The molecule has 150 valence electrons.